The quantitative estimate of drug-likeness (QED) is 0.795. The number of aryl methyl sites for hydroxylation is 3. The van der Waals surface area contributed by atoms with Gasteiger partial charge in [-0.3, -0.25) is 4.79 Å². The van der Waals surface area contributed by atoms with Crippen LogP contribution in [0.2, 0.25) is 0 Å². The van der Waals surface area contributed by atoms with E-state index in [2.05, 4.69) is 4.98 Å². The van der Waals surface area contributed by atoms with E-state index in [0.717, 1.165) is 40.2 Å². The minimum Gasteiger partial charge on any atom is -0.496 e. The lowest BCUT2D eigenvalue weighted by Crippen LogP contribution is -1.99. The molecule has 0 saturated carbocycles. The normalized spacial score (nSPS) is 10.6. The van der Waals surface area contributed by atoms with Crippen LogP contribution in [0.5, 0.6) is 5.75 Å². The van der Waals surface area contributed by atoms with Crippen LogP contribution >= 0.6 is 0 Å². The molecule has 0 N–H and O–H groups in total. The Bertz CT molecular complexity index is 642. The molecule has 0 unspecified atom stereocenters. The second-order valence-electron chi connectivity index (χ2n) is 4.71. The van der Waals surface area contributed by atoms with E-state index in [1.54, 1.807) is 7.11 Å². The van der Waals surface area contributed by atoms with Crippen molar-refractivity contribution in [2.24, 2.45) is 7.05 Å². The Labute approximate surface area is 113 Å². The first-order valence-electron chi connectivity index (χ1n) is 6.13. The zero-order valence-electron chi connectivity index (χ0n) is 11.9. The van der Waals surface area contributed by atoms with Crippen molar-refractivity contribution in [3.8, 4) is 17.0 Å². The van der Waals surface area contributed by atoms with Crippen LogP contribution in [0.3, 0.4) is 0 Å². The summed E-state index contributed by atoms with van der Waals surface area (Å²) in [5, 5.41) is 0. The first-order chi connectivity index (χ1) is 8.99. The third kappa shape index (κ3) is 2.14. The Morgan fingerprint density at radius 2 is 1.89 bits per heavy atom. The smallest absolute Gasteiger partial charge is 0.170 e. The van der Waals surface area contributed by atoms with Crippen molar-refractivity contribution in [1.82, 2.24) is 9.55 Å². The number of rotatable bonds is 3. The number of imidazole rings is 1. The number of aromatic nitrogens is 2. The monoisotopic (exact) mass is 258 g/mol. The van der Waals surface area contributed by atoms with Crippen molar-refractivity contribution in [2.75, 3.05) is 7.11 Å². The highest BCUT2D eigenvalue weighted by atomic mass is 16.5. The molecule has 1 aromatic heterocycles. The maximum Gasteiger partial charge on any atom is 0.170 e. The van der Waals surface area contributed by atoms with Crippen molar-refractivity contribution in [3.63, 3.8) is 0 Å². The summed E-state index contributed by atoms with van der Waals surface area (Å²) in [5.74, 6) is 1.68. The topological polar surface area (TPSA) is 44.1 Å². The molecule has 0 amide bonds. The second kappa shape index (κ2) is 4.88. The highest BCUT2D eigenvalue weighted by molar-refractivity contribution is 5.85. The SMILES string of the molecule is COc1cc(C)c(-c2c(C=O)nc(C)n2C)cc1C. The van der Waals surface area contributed by atoms with E-state index in [9.17, 15) is 4.79 Å². The molecule has 0 atom stereocenters. The summed E-state index contributed by atoms with van der Waals surface area (Å²) >= 11 is 0. The molecule has 2 aromatic rings. The Morgan fingerprint density at radius 3 is 2.47 bits per heavy atom. The summed E-state index contributed by atoms with van der Waals surface area (Å²) < 4.78 is 7.26. The van der Waals surface area contributed by atoms with Crippen LogP contribution in [0.15, 0.2) is 12.1 Å². The van der Waals surface area contributed by atoms with E-state index < -0.39 is 0 Å². The number of ether oxygens (including phenoxy) is 1. The molecular weight excluding hydrogens is 240 g/mol. The van der Waals surface area contributed by atoms with Gasteiger partial charge in [0.05, 0.1) is 12.8 Å². The van der Waals surface area contributed by atoms with Gasteiger partial charge in [0.25, 0.3) is 0 Å². The van der Waals surface area contributed by atoms with Gasteiger partial charge in [0.1, 0.15) is 17.3 Å². The van der Waals surface area contributed by atoms with Crippen LogP contribution in [0.4, 0.5) is 0 Å². The minimum atomic E-state index is 0.479. The van der Waals surface area contributed by atoms with Gasteiger partial charge in [-0.05, 0) is 44.0 Å². The maximum atomic E-state index is 11.2. The summed E-state index contributed by atoms with van der Waals surface area (Å²) in [6.07, 6.45) is 0.807. The molecular formula is C15H18N2O2. The molecule has 0 aliphatic rings. The van der Waals surface area contributed by atoms with Crippen molar-refractivity contribution in [3.05, 3.63) is 34.8 Å². The lowest BCUT2D eigenvalue weighted by molar-refractivity contribution is 0.112. The number of carbonyl (C=O) groups excluding carboxylic acids is 1. The van der Waals surface area contributed by atoms with E-state index in [0.29, 0.717) is 5.69 Å². The molecule has 2 rings (SSSR count). The zero-order valence-corrected chi connectivity index (χ0v) is 11.9. The van der Waals surface area contributed by atoms with Crippen LogP contribution in [-0.2, 0) is 7.05 Å². The first kappa shape index (κ1) is 13.3. The van der Waals surface area contributed by atoms with Gasteiger partial charge in [-0.25, -0.2) is 4.98 Å². The summed E-state index contributed by atoms with van der Waals surface area (Å²) in [6.45, 7) is 5.89. The van der Waals surface area contributed by atoms with Crippen LogP contribution in [-0.4, -0.2) is 22.9 Å². The molecule has 1 aromatic carbocycles. The van der Waals surface area contributed by atoms with Crippen LogP contribution in [0.1, 0.15) is 27.4 Å². The molecule has 0 radical (unpaired) electrons. The fraction of sp³-hybridized carbons (Fsp3) is 0.333. The molecule has 0 bridgehead atoms. The Hall–Kier alpha value is -2.10. The van der Waals surface area contributed by atoms with Gasteiger partial charge in [0, 0.05) is 12.6 Å². The molecule has 0 fully saturated rings. The van der Waals surface area contributed by atoms with E-state index in [1.807, 2.05) is 44.5 Å². The van der Waals surface area contributed by atoms with Gasteiger partial charge < -0.3 is 9.30 Å². The second-order valence-corrected chi connectivity index (χ2v) is 4.71. The summed E-state index contributed by atoms with van der Waals surface area (Å²) in [4.78, 5) is 15.5. The summed E-state index contributed by atoms with van der Waals surface area (Å²) in [7, 11) is 3.58. The largest absolute Gasteiger partial charge is 0.496 e. The van der Waals surface area contributed by atoms with Gasteiger partial charge >= 0.3 is 0 Å². The Balaban J connectivity index is 2.72. The predicted molar refractivity (Wildman–Crippen MR) is 74.8 cm³/mol. The minimum absolute atomic E-state index is 0.479. The average Bonchev–Trinajstić information content (AvgIpc) is 2.67. The van der Waals surface area contributed by atoms with Crippen LogP contribution < -0.4 is 4.74 Å². The molecule has 19 heavy (non-hydrogen) atoms. The predicted octanol–water partition coefficient (Wildman–Crippen LogP) is 2.83. The maximum absolute atomic E-state index is 11.2. The van der Waals surface area contributed by atoms with Crippen molar-refractivity contribution >= 4 is 6.29 Å². The van der Waals surface area contributed by atoms with Crippen molar-refractivity contribution < 1.29 is 9.53 Å². The standard InChI is InChI=1S/C15H18N2O2/c1-9-7-14(19-5)10(2)6-12(9)15-13(8-18)16-11(3)17(15)4/h6-8H,1-5H3. The number of benzene rings is 1. The van der Waals surface area contributed by atoms with Gasteiger partial charge in [-0.2, -0.15) is 0 Å². The average molecular weight is 258 g/mol. The first-order valence-corrected chi connectivity index (χ1v) is 6.13. The van der Waals surface area contributed by atoms with Crippen LogP contribution in [0, 0.1) is 20.8 Å². The molecule has 4 heteroatoms. The number of nitrogens with zero attached hydrogens (tertiary/aromatic N) is 2. The lowest BCUT2D eigenvalue weighted by Gasteiger charge is -2.12. The lowest BCUT2D eigenvalue weighted by atomic mass is 10.0. The third-order valence-corrected chi connectivity index (χ3v) is 3.45. The number of aldehydes is 1. The van der Waals surface area contributed by atoms with Gasteiger partial charge in [0.2, 0.25) is 0 Å². The number of hydrogen-bond donors (Lipinski definition) is 0. The molecule has 0 saturated heterocycles. The fourth-order valence-corrected chi connectivity index (χ4v) is 2.30. The van der Waals surface area contributed by atoms with Gasteiger partial charge in [-0.1, -0.05) is 0 Å². The Morgan fingerprint density at radius 1 is 1.21 bits per heavy atom. The van der Waals surface area contributed by atoms with Crippen LogP contribution in [0.25, 0.3) is 11.3 Å². The molecule has 100 valence electrons. The van der Waals surface area contributed by atoms with E-state index in [4.69, 9.17) is 4.74 Å². The third-order valence-electron chi connectivity index (χ3n) is 3.45. The summed E-state index contributed by atoms with van der Waals surface area (Å²) in [6, 6.07) is 4.03. The van der Waals surface area contributed by atoms with Gasteiger partial charge in [0.15, 0.2) is 6.29 Å². The molecule has 0 aliphatic carbocycles. The number of carbonyl (C=O) groups is 1. The Kier molecular flexibility index (Phi) is 3.42. The van der Waals surface area contributed by atoms with Crippen molar-refractivity contribution in [2.45, 2.75) is 20.8 Å². The molecule has 0 aliphatic heterocycles. The summed E-state index contributed by atoms with van der Waals surface area (Å²) in [5.41, 5.74) is 4.46. The molecule has 4 nitrogen and oxygen atoms in total. The highest BCUT2D eigenvalue weighted by Crippen LogP contribution is 2.31. The van der Waals surface area contributed by atoms with E-state index >= 15 is 0 Å². The van der Waals surface area contributed by atoms with Crippen molar-refractivity contribution in [1.29, 1.82) is 0 Å². The fourth-order valence-electron chi connectivity index (χ4n) is 2.30. The molecule has 0 spiro atoms. The molecule has 1 heterocycles. The van der Waals surface area contributed by atoms with Gasteiger partial charge in [-0.15, -0.1) is 0 Å². The number of hydrogen-bond acceptors (Lipinski definition) is 3. The number of methoxy groups -OCH3 is 1. The zero-order chi connectivity index (χ0) is 14.2. The van der Waals surface area contributed by atoms with E-state index in [-0.39, 0.29) is 0 Å². The van der Waals surface area contributed by atoms with E-state index in [1.165, 1.54) is 0 Å². The highest BCUT2D eigenvalue weighted by Gasteiger charge is 2.16.